The van der Waals surface area contributed by atoms with E-state index in [4.69, 9.17) is 4.74 Å². The zero-order chi connectivity index (χ0) is 16.2. The molecule has 2 N–H and O–H groups in total. The second-order valence-corrected chi connectivity index (χ2v) is 7.40. The Kier molecular flexibility index (Phi) is 6.31. The molecule has 0 saturated heterocycles. The van der Waals surface area contributed by atoms with Crippen LogP contribution in [0, 0.1) is 18.3 Å². The van der Waals surface area contributed by atoms with E-state index in [0.717, 1.165) is 5.01 Å². The number of nitrogens with zero attached hydrogens (tertiary/aromatic N) is 1. The van der Waals surface area contributed by atoms with E-state index in [0.29, 0.717) is 23.7 Å². The van der Waals surface area contributed by atoms with E-state index in [-0.39, 0.29) is 17.2 Å². The van der Waals surface area contributed by atoms with Crippen LogP contribution in [-0.4, -0.2) is 35.8 Å². The molecule has 0 aliphatic rings. The second-order valence-electron chi connectivity index (χ2n) is 6.32. The number of nitrogens with one attached hydrogen (secondary N) is 1. The SMILES string of the molecule is COCc1nc(C)c(C(=O)NCC(C)(C)C(O)C(C)C)s1. The summed E-state index contributed by atoms with van der Waals surface area (Å²) in [5.41, 5.74) is 0.337. The summed E-state index contributed by atoms with van der Waals surface area (Å²) in [5.74, 6) is 0.00623. The molecule has 1 amide bonds. The Bertz CT molecular complexity index is 483. The molecule has 0 radical (unpaired) electrons. The third-order valence-corrected chi connectivity index (χ3v) is 4.58. The molecule has 0 aliphatic carbocycles. The van der Waals surface area contributed by atoms with E-state index < -0.39 is 6.10 Å². The summed E-state index contributed by atoms with van der Waals surface area (Å²) in [6.07, 6.45) is -0.468. The molecule has 1 atom stereocenters. The third kappa shape index (κ3) is 4.76. The minimum atomic E-state index is -0.468. The predicted molar refractivity (Wildman–Crippen MR) is 84.5 cm³/mol. The summed E-state index contributed by atoms with van der Waals surface area (Å²) in [6, 6.07) is 0. The minimum Gasteiger partial charge on any atom is -0.392 e. The molecule has 21 heavy (non-hydrogen) atoms. The summed E-state index contributed by atoms with van der Waals surface area (Å²) in [4.78, 5) is 17.2. The normalized spacial score (nSPS) is 13.5. The molecule has 0 aromatic carbocycles. The van der Waals surface area contributed by atoms with Crippen molar-refractivity contribution in [2.75, 3.05) is 13.7 Å². The Morgan fingerprint density at radius 3 is 2.62 bits per heavy atom. The first kappa shape index (κ1) is 18.1. The number of carbonyl (C=O) groups excluding carboxylic acids is 1. The van der Waals surface area contributed by atoms with Crippen LogP contribution >= 0.6 is 11.3 Å². The standard InChI is InChI=1S/C15H26N2O3S/c1-9(2)13(18)15(4,5)8-16-14(19)12-10(3)17-11(21-12)7-20-6/h9,13,18H,7-8H2,1-6H3,(H,16,19). The summed E-state index contributed by atoms with van der Waals surface area (Å²) in [5, 5.41) is 13.9. The number of methoxy groups -OCH3 is 1. The lowest BCUT2D eigenvalue weighted by molar-refractivity contribution is 0.0138. The smallest absolute Gasteiger partial charge is 0.263 e. The van der Waals surface area contributed by atoms with Gasteiger partial charge in [-0.3, -0.25) is 4.79 Å². The number of carbonyl (C=O) groups is 1. The highest BCUT2D eigenvalue weighted by molar-refractivity contribution is 7.13. The van der Waals surface area contributed by atoms with E-state index in [9.17, 15) is 9.90 Å². The van der Waals surface area contributed by atoms with Crippen molar-refractivity contribution in [3.63, 3.8) is 0 Å². The van der Waals surface area contributed by atoms with E-state index in [1.165, 1.54) is 11.3 Å². The van der Waals surface area contributed by atoms with Crippen molar-refractivity contribution in [1.82, 2.24) is 10.3 Å². The van der Waals surface area contributed by atoms with Crippen LogP contribution in [0.4, 0.5) is 0 Å². The average Bonchev–Trinajstić information content (AvgIpc) is 2.76. The Morgan fingerprint density at radius 2 is 2.10 bits per heavy atom. The Balaban J connectivity index is 2.69. The molecule has 1 rings (SSSR count). The van der Waals surface area contributed by atoms with Gasteiger partial charge < -0.3 is 15.2 Å². The van der Waals surface area contributed by atoms with Crippen molar-refractivity contribution >= 4 is 17.2 Å². The largest absolute Gasteiger partial charge is 0.392 e. The fourth-order valence-corrected chi connectivity index (χ4v) is 3.20. The van der Waals surface area contributed by atoms with Crippen molar-refractivity contribution in [1.29, 1.82) is 0 Å². The van der Waals surface area contributed by atoms with Gasteiger partial charge in [-0.1, -0.05) is 27.7 Å². The summed E-state index contributed by atoms with van der Waals surface area (Å²) >= 11 is 1.35. The van der Waals surface area contributed by atoms with Gasteiger partial charge in [0.2, 0.25) is 0 Å². The number of hydrogen-bond acceptors (Lipinski definition) is 5. The van der Waals surface area contributed by atoms with Crippen LogP contribution in [0.5, 0.6) is 0 Å². The van der Waals surface area contributed by atoms with E-state index in [1.54, 1.807) is 7.11 Å². The molecule has 1 unspecified atom stereocenters. The first-order valence-electron chi connectivity index (χ1n) is 7.10. The minimum absolute atomic E-state index is 0.142. The van der Waals surface area contributed by atoms with Gasteiger partial charge in [-0.15, -0.1) is 11.3 Å². The third-order valence-electron chi connectivity index (χ3n) is 3.45. The number of aliphatic hydroxyl groups excluding tert-OH is 1. The van der Waals surface area contributed by atoms with Gasteiger partial charge in [-0.05, 0) is 12.8 Å². The highest BCUT2D eigenvalue weighted by Crippen LogP contribution is 2.25. The molecular weight excluding hydrogens is 288 g/mol. The van der Waals surface area contributed by atoms with Crippen molar-refractivity contribution in [3.05, 3.63) is 15.6 Å². The zero-order valence-corrected chi connectivity index (χ0v) is 14.5. The quantitative estimate of drug-likeness (QED) is 0.810. The van der Waals surface area contributed by atoms with Crippen LogP contribution in [0.3, 0.4) is 0 Å². The Hall–Kier alpha value is -0.980. The maximum atomic E-state index is 12.3. The fourth-order valence-electron chi connectivity index (χ4n) is 2.24. The van der Waals surface area contributed by atoms with E-state index in [1.807, 2.05) is 34.6 Å². The van der Waals surface area contributed by atoms with Crippen molar-refractivity contribution in [2.45, 2.75) is 47.3 Å². The van der Waals surface area contributed by atoms with Crippen molar-refractivity contribution < 1.29 is 14.6 Å². The number of hydrogen-bond donors (Lipinski definition) is 2. The highest BCUT2D eigenvalue weighted by atomic mass is 32.1. The van der Waals surface area contributed by atoms with Gasteiger partial charge in [0.25, 0.3) is 5.91 Å². The molecule has 0 bridgehead atoms. The number of ether oxygens (including phenoxy) is 1. The molecule has 5 nitrogen and oxygen atoms in total. The molecule has 1 aromatic heterocycles. The fraction of sp³-hybridized carbons (Fsp3) is 0.733. The summed E-state index contributed by atoms with van der Waals surface area (Å²) in [7, 11) is 1.60. The first-order valence-corrected chi connectivity index (χ1v) is 7.92. The summed E-state index contributed by atoms with van der Waals surface area (Å²) < 4.78 is 5.03. The number of aromatic nitrogens is 1. The van der Waals surface area contributed by atoms with Crippen LogP contribution in [0.15, 0.2) is 0 Å². The van der Waals surface area contributed by atoms with Gasteiger partial charge in [0.05, 0.1) is 18.4 Å². The molecule has 120 valence electrons. The van der Waals surface area contributed by atoms with Crippen LogP contribution in [0.1, 0.15) is 48.1 Å². The number of amides is 1. The first-order chi connectivity index (χ1) is 9.69. The van der Waals surface area contributed by atoms with Gasteiger partial charge in [-0.2, -0.15) is 0 Å². The molecule has 0 saturated carbocycles. The molecule has 0 fully saturated rings. The zero-order valence-electron chi connectivity index (χ0n) is 13.7. The highest BCUT2D eigenvalue weighted by Gasteiger charge is 2.31. The van der Waals surface area contributed by atoms with Gasteiger partial charge >= 0.3 is 0 Å². The van der Waals surface area contributed by atoms with Crippen molar-refractivity contribution in [2.24, 2.45) is 11.3 Å². The van der Waals surface area contributed by atoms with Gasteiger partial charge in [0, 0.05) is 19.1 Å². The van der Waals surface area contributed by atoms with E-state index in [2.05, 4.69) is 10.3 Å². The number of rotatable bonds is 7. The lowest BCUT2D eigenvalue weighted by Crippen LogP contribution is -2.43. The lowest BCUT2D eigenvalue weighted by atomic mass is 9.80. The Labute approximate surface area is 130 Å². The van der Waals surface area contributed by atoms with Crippen LogP contribution in [0.25, 0.3) is 0 Å². The number of thiazole rings is 1. The predicted octanol–water partition coefficient (Wildman–Crippen LogP) is 2.37. The topological polar surface area (TPSA) is 71.5 Å². The maximum absolute atomic E-state index is 12.3. The Morgan fingerprint density at radius 1 is 1.48 bits per heavy atom. The van der Waals surface area contributed by atoms with Crippen LogP contribution in [-0.2, 0) is 11.3 Å². The van der Waals surface area contributed by atoms with Crippen LogP contribution in [0.2, 0.25) is 0 Å². The molecule has 1 heterocycles. The van der Waals surface area contributed by atoms with Gasteiger partial charge in [0.1, 0.15) is 9.88 Å². The average molecular weight is 314 g/mol. The number of aliphatic hydroxyl groups is 1. The summed E-state index contributed by atoms with van der Waals surface area (Å²) in [6.45, 7) is 10.5. The molecular formula is C15H26N2O3S. The molecule has 1 aromatic rings. The molecule has 6 heteroatoms. The van der Waals surface area contributed by atoms with Gasteiger partial charge in [0.15, 0.2) is 0 Å². The molecule has 0 spiro atoms. The monoisotopic (exact) mass is 314 g/mol. The van der Waals surface area contributed by atoms with Gasteiger partial charge in [-0.25, -0.2) is 4.98 Å². The van der Waals surface area contributed by atoms with Crippen molar-refractivity contribution in [3.8, 4) is 0 Å². The van der Waals surface area contributed by atoms with E-state index >= 15 is 0 Å². The lowest BCUT2D eigenvalue weighted by Gasteiger charge is -2.33. The second kappa shape index (κ2) is 7.33. The molecule has 0 aliphatic heterocycles. The van der Waals surface area contributed by atoms with Crippen LogP contribution < -0.4 is 5.32 Å². The number of aryl methyl sites for hydroxylation is 1. The maximum Gasteiger partial charge on any atom is 0.263 e.